The van der Waals surface area contributed by atoms with Gasteiger partial charge >= 0.3 is 0 Å². The Morgan fingerprint density at radius 1 is 1.22 bits per heavy atom. The van der Waals surface area contributed by atoms with Gasteiger partial charge in [-0.25, -0.2) is 0 Å². The summed E-state index contributed by atoms with van der Waals surface area (Å²) in [5.41, 5.74) is 0.787. The first-order chi connectivity index (χ1) is 8.78. The molecular formula is C15H24O3. The van der Waals surface area contributed by atoms with Crippen LogP contribution in [0.2, 0.25) is 0 Å². The third-order valence-electron chi connectivity index (χ3n) is 3.79. The molecule has 3 heteroatoms. The highest BCUT2D eigenvalue weighted by Crippen LogP contribution is 2.39. The van der Waals surface area contributed by atoms with E-state index in [1.165, 1.54) is 19.3 Å². The molecule has 0 amide bonds. The molecule has 2 aliphatic rings. The molecule has 18 heavy (non-hydrogen) atoms. The molecule has 0 N–H and O–H groups in total. The van der Waals surface area contributed by atoms with Gasteiger partial charge in [0.05, 0.1) is 13.2 Å². The fourth-order valence-corrected chi connectivity index (χ4v) is 2.80. The Morgan fingerprint density at radius 3 is 2.67 bits per heavy atom. The van der Waals surface area contributed by atoms with Crippen molar-refractivity contribution in [2.45, 2.75) is 64.1 Å². The highest BCUT2D eigenvalue weighted by molar-refractivity contribution is 5.97. The fourth-order valence-electron chi connectivity index (χ4n) is 2.80. The van der Waals surface area contributed by atoms with Crippen molar-refractivity contribution in [3.63, 3.8) is 0 Å². The van der Waals surface area contributed by atoms with Gasteiger partial charge in [0.2, 0.25) is 0 Å². The standard InChI is InChI=1S/C15H24O3/c1-2-3-4-5-6-9-14(16)13-8-7-10-15(13)17-11-12-18-15/h8H,2-7,9-12H2,1H3. The number of allylic oxidation sites excluding steroid dienone is 1. The van der Waals surface area contributed by atoms with Crippen LogP contribution in [0.25, 0.3) is 0 Å². The van der Waals surface area contributed by atoms with Gasteiger partial charge < -0.3 is 9.47 Å². The van der Waals surface area contributed by atoms with Gasteiger partial charge in [0.1, 0.15) is 0 Å². The summed E-state index contributed by atoms with van der Waals surface area (Å²) in [6.45, 7) is 3.43. The monoisotopic (exact) mass is 252 g/mol. The van der Waals surface area contributed by atoms with Crippen molar-refractivity contribution >= 4 is 5.78 Å². The Morgan fingerprint density at radius 2 is 1.94 bits per heavy atom. The molecule has 0 radical (unpaired) electrons. The molecule has 0 saturated carbocycles. The Bertz CT molecular complexity index is 314. The van der Waals surface area contributed by atoms with Crippen molar-refractivity contribution in [2.75, 3.05) is 13.2 Å². The number of ether oxygens (including phenoxy) is 2. The van der Waals surface area contributed by atoms with Crippen molar-refractivity contribution in [1.29, 1.82) is 0 Å². The lowest BCUT2D eigenvalue weighted by Gasteiger charge is -2.24. The molecule has 3 nitrogen and oxygen atoms in total. The van der Waals surface area contributed by atoms with Crippen LogP contribution in [-0.2, 0) is 14.3 Å². The molecular weight excluding hydrogens is 228 g/mol. The minimum atomic E-state index is -0.666. The Kier molecular flexibility index (Phi) is 4.95. The lowest BCUT2D eigenvalue weighted by Crippen LogP contribution is -2.33. The third-order valence-corrected chi connectivity index (χ3v) is 3.79. The van der Waals surface area contributed by atoms with Crippen molar-refractivity contribution in [3.05, 3.63) is 11.6 Å². The van der Waals surface area contributed by atoms with Crippen LogP contribution >= 0.6 is 0 Å². The SMILES string of the molecule is CCCCCCCC(=O)C1=CCCC12OCCO2. The molecule has 0 atom stereocenters. The van der Waals surface area contributed by atoms with Crippen LogP contribution in [0, 0.1) is 0 Å². The van der Waals surface area contributed by atoms with E-state index in [1.54, 1.807) is 0 Å². The summed E-state index contributed by atoms with van der Waals surface area (Å²) in [7, 11) is 0. The van der Waals surface area contributed by atoms with E-state index in [-0.39, 0.29) is 5.78 Å². The number of Topliss-reactive ketones (excluding diaryl/α,β-unsaturated/α-hetero) is 1. The number of carbonyl (C=O) groups is 1. The Balaban J connectivity index is 1.78. The van der Waals surface area contributed by atoms with Crippen LogP contribution in [0.5, 0.6) is 0 Å². The Labute approximate surface area is 110 Å². The van der Waals surface area contributed by atoms with Gasteiger partial charge in [-0.05, 0) is 12.8 Å². The predicted molar refractivity (Wildman–Crippen MR) is 70.3 cm³/mol. The van der Waals surface area contributed by atoms with Crippen LogP contribution in [0.3, 0.4) is 0 Å². The predicted octanol–water partition coefficient (Wildman–Crippen LogP) is 3.38. The molecule has 0 aromatic rings. The minimum absolute atomic E-state index is 0.228. The molecule has 1 aliphatic heterocycles. The molecule has 1 spiro atoms. The molecule has 0 bridgehead atoms. The van der Waals surface area contributed by atoms with Crippen molar-refractivity contribution in [3.8, 4) is 0 Å². The van der Waals surface area contributed by atoms with E-state index in [2.05, 4.69) is 6.92 Å². The van der Waals surface area contributed by atoms with Crippen LogP contribution < -0.4 is 0 Å². The van der Waals surface area contributed by atoms with E-state index in [0.717, 1.165) is 31.3 Å². The molecule has 1 aliphatic carbocycles. The minimum Gasteiger partial charge on any atom is -0.343 e. The Hall–Kier alpha value is -0.670. The molecule has 1 fully saturated rings. The van der Waals surface area contributed by atoms with Crippen LogP contribution in [0.15, 0.2) is 11.6 Å². The first-order valence-corrected chi connectivity index (χ1v) is 7.30. The number of hydrogen-bond acceptors (Lipinski definition) is 3. The van der Waals surface area contributed by atoms with Crippen LogP contribution in [-0.4, -0.2) is 24.8 Å². The molecule has 1 saturated heterocycles. The average molecular weight is 252 g/mol. The molecule has 0 unspecified atom stereocenters. The van der Waals surface area contributed by atoms with Crippen molar-refractivity contribution in [2.24, 2.45) is 0 Å². The molecule has 102 valence electrons. The summed E-state index contributed by atoms with van der Waals surface area (Å²) in [5, 5.41) is 0. The summed E-state index contributed by atoms with van der Waals surface area (Å²) in [6.07, 6.45) is 10.3. The van der Waals surface area contributed by atoms with Gasteiger partial charge in [-0.3, -0.25) is 4.79 Å². The molecule has 2 rings (SSSR count). The number of unbranched alkanes of at least 4 members (excludes halogenated alkanes) is 4. The zero-order chi connectivity index (χ0) is 12.8. The topological polar surface area (TPSA) is 35.5 Å². The first kappa shape index (κ1) is 13.8. The zero-order valence-electron chi connectivity index (χ0n) is 11.4. The number of rotatable bonds is 7. The van der Waals surface area contributed by atoms with Crippen LogP contribution in [0.1, 0.15) is 58.3 Å². The fraction of sp³-hybridized carbons (Fsp3) is 0.800. The van der Waals surface area contributed by atoms with Crippen molar-refractivity contribution < 1.29 is 14.3 Å². The average Bonchev–Trinajstić information content (AvgIpc) is 3.00. The normalized spacial score (nSPS) is 21.5. The van der Waals surface area contributed by atoms with E-state index in [0.29, 0.717) is 19.6 Å². The van der Waals surface area contributed by atoms with Crippen molar-refractivity contribution in [1.82, 2.24) is 0 Å². The van der Waals surface area contributed by atoms with Crippen LogP contribution in [0.4, 0.5) is 0 Å². The van der Waals surface area contributed by atoms with E-state index in [4.69, 9.17) is 9.47 Å². The number of ketones is 1. The second-order valence-corrected chi connectivity index (χ2v) is 5.19. The zero-order valence-corrected chi connectivity index (χ0v) is 11.4. The first-order valence-electron chi connectivity index (χ1n) is 7.30. The smallest absolute Gasteiger partial charge is 0.198 e. The van der Waals surface area contributed by atoms with E-state index in [1.807, 2.05) is 6.08 Å². The second-order valence-electron chi connectivity index (χ2n) is 5.19. The van der Waals surface area contributed by atoms with Gasteiger partial charge in [-0.2, -0.15) is 0 Å². The van der Waals surface area contributed by atoms with Gasteiger partial charge in [-0.15, -0.1) is 0 Å². The lowest BCUT2D eigenvalue weighted by molar-refractivity contribution is -0.139. The molecule has 1 heterocycles. The highest BCUT2D eigenvalue weighted by atomic mass is 16.7. The van der Waals surface area contributed by atoms with Gasteiger partial charge in [0.15, 0.2) is 11.6 Å². The molecule has 0 aromatic carbocycles. The summed E-state index contributed by atoms with van der Waals surface area (Å²) < 4.78 is 11.3. The summed E-state index contributed by atoms with van der Waals surface area (Å²) in [6, 6.07) is 0. The maximum atomic E-state index is 12.2. The van der Waals surface area contributed by atoms with Gasteiger partial charge in [-0.1, -0.05) is 38.7 Å². The number of carbonyl (C=O) groups excluding carboxylic acids is 1. The maximum absolute atomic E-state index is 12.2. The lowest BCUT2D eigenvalue weighted by atomic mass is 9.99. The van der Waals surface area contributed by atoms with E-state index < -0.39 is 5.79 Å². The van der Waals surface area contributed by atoms with E-state index in [9.17, 15) is 4.79 Å². The summed E-state index contributed by atoms with van der Waals surface area (Å²) in [5.74, 6) is -0.438. The largest absolute Gasteiger partial charge is 0.343 e. The summed E-state index contributed by atoms with van der Waals surface area (Å²) >= 11 is 0. The van der Waals surface area contributed by atoms with E-state index >= 15 is 0 Å². The van der Waals surface area contributed by atoms with Gasteiger partial charge in [0, 0.05) is 18.4 Å². The third kappa shape index (κ3) is 3.01. The molecule has 0 aromatic heterocycles. The maximum Gasteiger partial charge on any atom is 0.198 e. The quantitative estimate of drug-likeness (QED) is 0.652. The second kappa shape index (κ2) is 6.48. The number of hydrogen-bond donors (Lipinski definition) is 0. The van der Waals surface area contributed by atoms with Gasteiger partial charge in [0.25, 0.3) is 0 Å². The highest BCUT2D eigenvalue weighted by Gasteiger charge is 2.45. The summed E-state index contributed by atoms with van der Waals surface area (Å²) in [4.78, 5) is 12.2.